The van der Waals surface area contributed by atoms with Crippen molar-refractivity contribution in [3.63, 3.8) is 0 Å². The number of amides is 2. The number of carbonyl (C=O) groups is 2. The molecule has 0 spiro atoms. The van der Waals surface area contributed by atoms with Gasteiger partial charge in [-0.25, -0.2) is 0 Å². The molecule has 1 aromatic rings. The lowest BCUT2D eigenvalue weighted by Gasteiger charge is -2.63. The lowest BCUT2D eigenvalue weighted by molar-refractivity contribution is -0.313. The van der Waals surface area contributed by atoms with E-state index < -0.39 is 12.4 Å². The second kappa shape index (κ2) is 10.5. The Morgan fingerprint density at radius 2 is 1.92 bits per heavy atom. The van der Waals surface area contributed by atoms with Gasteiger partial charge >= 0.3 is 0 Å². The molecule has 2 N–H and O–H groups in total. The standard InChI is InChI=1S/C29H42N2O6/c1-19(32)30-20-12-14-31(16-20)26(34)15-22-23(33)9-10-24-28(22,2)13-11-25-29(24,3)18-36-27(37-25)17-35-21-7-5-4-6-8-21/h4-8,20,22-25,27,33H,9-18H2,1-3H3,(H,30,32)/t20-,22+,23+,24-,25+,27+,28-,29-/m0/s1. The van der Waals surface area contributed by atoms with Crippen molar-refractivity contribution in [2.75, 3.05) is 26.3 Å². The minimum Gasteiger partial charge on any atom is -0.488 e. The van der Waals surface area contributed by atoms with Gasteiger partial charge in [0.15, 0.2) is 6.29 Å². The summed E-state index contributed by atoms with van der Waals surface area (Å²) in [6, 6.07) is 9.72. The molecule has 1 aromatic carbocycles. The first-order valence-electron chi connectivity index (χ1n) is 13.9. The molecule has 204 valence electrons. The number of aliphatic hydroxyl groups excluding tert-OH is 1. The Bertz CT molecular complexity index is 974. The predicted octanol–water partition coefficient (Wildman–Crippen LogP) is 3.13. The molecule has 4 aliphatic rings. The van der Waals surface area contributed by atoms with Crippen molar-refractivity contribution in [3.05, 3.63) is 30.3 Å². The quantitative estimate of drug-likeness (QED) is 0.606. The first kappa shape index (κ1) is 26.4. The first-order valence-corrected chi connectivity index (χ1v) is 13.9. The van der Waals surface area contributed by atoms with Crippen LogP contribution in [-0.4, -0.2) is 72.7 Å². The Morgan fingerprint density at radius 1 is 1.14 bits per heavy atom. The minimum absolute atomic E-state index is 0.0192. The van der Waals surface area contributed by atoms with E-state index in [9.17, 15) is 14.7 Å². The molecule has 5 rings (SSSR count). The number of likely N-dealkylation sites (tertiary alicyclic amines) is 1. The summed E-state index contributed by atoms with van der Waals surface area (Å²) in [6.07, 6.45) is 3.68. The van der Waals surface area contributed by atoms with Gasteiger partial charge in [0, 0.05) is 37.9 Å². The first-order chi connectivity index (χ1) is 17.7. The Kier molecular flexibility index (Phi) is 7.53. The highest BCUT2D eigenvalue weighted by Crippen LogP contribution is 2.62. The topological polar surface area (TPSA) is 97.3 Å². The molecule has 8 atom stereocenters. The van der Waals surface area contributed by atoms with E-state index in [1.165, 1.54) is 6.92 Å². The Labute approximate surface area is 220 Å². The third-order valence-electron chi connectivity index (χ3n) is 9.70. The number of rotatable bonds is 6. The molecule has 8 heteroatoms. The summed E-state index contributed by atoms with van der Waals surface area (Å²) in [6.45, 7) is 8.19. The Hall–Kier alpha value is -2.16. The summed E-state index contributed by atoms with van der Waals surface area (Å²) < 4.78 is 18.6. The van der Waals surface area contributed by atoms with Crippen LogP contribution >= 0.6 is 0 Å². The molecule has 4 fully saturated rings. The van der Waals surface area contributed by atoms with Crippen molar-refractivity contribution in [1.29, 1.82) is 0 Å². The number of hydrogen-bond donors (Lipinski definition) is 2. The zero-order valence-corrected chi connectivity index (χ0v) is 22.4. The Morgan fingerprint density at radius 3 is 2.68 bits per heavy atom. The van der Waals surface area contributed by atoms with Crippen molar-refractivity contribution in [1.82, 2.24) is 10.2 Å². The van der Waals surface area contributed by atoms with Gasteiger partial charge in [-0.1, -0.05) is 32.0 Å². The summed E-state index contributed by atoms with van der Waals surface area (Å²) >= 11 is 0. The summed E-state index contributed by atoms with van der Waals surface area (Å²) in [4.78, 5) is 26.6. The third kappa shape index (κ3) is 5.25. The van der Waals surface area contributed by atoms with E-state index in [2.05, 4.69) is 19.2 Å². The predicted molar refractivity (Wildman–Crippen MR) is 138 cm³/mol. The van der Waals surface area contributed by atoms with Gasteiger partial charge in [-0.3, -0.25) is 9.59 Å². The monoisotopic (exact) mass is 514 g/mol. The van der Waals surface area contributed by atoms with Crippen molar-refractivity contribution in [2.24, 2.45) is 22.7 Å². The van der Waals surface area contributed by atoms with E-state index in [-0.39, 0.29) is 40.7 Å². The summed E-state index contributed by atoms with van der Waals surface area (Å²) in [5.74, 6) is 1.01. The van der Waals surface area contributed by atoms with Gasteiger partial charge in [0.1, 0.15) is 12.4 Å². The Balaban J connectivity index is 1.23. The zero-order valence-electron chi connectivity index (χ0n) is 22.4. The number of nitrogens with one attached hydrogen (secondary N) is 1. The number of nitrogens with zero attached hydrogens (tertiary/aromatic N) is 1. The van der Waals surface area contributed by atoms with E-state index in [0.29, 0.717) is 45.1 Å². The highest BCUT2D eigenvalue weighted by atomic mass is 16.7. The maximum atomic E-state index is 13.3. The highest BCUT2D eigenvalue weighted by Gasteiger charge is 2.61. The van der Waals surface area contributed by atoms with Gasteiger partial charge < -0.3 is 29.5 Å². The summed E-state index contributed by atoms with van der Waals surface area (Å²) in [5, 5.41) is 14.1. The van der Waals surface area contributed by atoms with Crippen LogP contribution in [0.15, 0.2) is 30.3 Å². The molecule has 2 amide bonds. The van der Waals surface area contributed by atoms with E-state index in [1.54, 1.807) is 0 Å². The molecule has 2 aliphatic heterocycles. The average Bonchev–Trinajstić information content (AvgIpc) is 3.33. The number of benzene rings is 1. The average molecular weight is 515 g/mol. The van der Waals surface area contributed by atoms with Crippen LogP contribution in [0.1, 0.15) is 59.3 Å². The van der Waals surface area contributed by atoms with Crippen molar-refractivity contribution in [3.8, 4) is 5.75 Å². The number of para-hydroxylation sites is 1. The van der Waals surface area contributed by atoms with Crippen LogP contribution in [0.25, 0.3) is 0 Å². The van der Waals surface area contributed by atoms with Gasteiger partial charge in [0.05, 0.1) is 18.8 Å². The fraction of sp³-hybridized carbons (Fsp3) is 0.724. The van der Waals surface area contributed by atoms with Crippen LogP contribution in [0, 0.1) is 22.7 Å². The second-order valence-corrected chi connectivity index (χ2v) is 12.1. The smallest absolute Gasteiger partial charge is 0.223 e. The molecule has 0 unspecified atom stereocenters. The van der Waals surface area contributed by atoms with Crippen molar-refractivity contribution >= 4 is 11.8 Å². The summed E-state index contributed by atoms with van der Waals surface area (Å²) in [5.41, 5.74) is -0.350. The molecule has 37 heavy (non-hydrogen) atoms. The molecule has 0 aromatic heterocycles. The van der Waals surface area contributed by atoms with Crippen LogP contribution in [-0.2, 0) is 19.1 Å². The second-order valence-electron chi connectivity index (χ2n) is 12.1. The van der Waals surface area contributed by atoms with Crippen LogP contribution in [0.4, 0.5) is 0 Å². The maximum absolute atomic E-state index is 13.3. The van der Waals surface area contributed by atoms with Crippen LogP contribution in [0.5, 0.6) is 5.75 Å². The molecule has 0 radical (unpaired) electrons. The number of carbonyl (C=O) groups excluding carboxylic acids is 2. The van der Waals surface area contributed by atoms with Gasteiger partial charge in [-0.2, -0.15) is 0 Å². The normalized spacial score (nSPS) is 39.4. The number of aliphatic hydroxyl groups is 1. The molecule has 2 saturated carbocycles. The molecular formula is C29H42N2O6. The number of ether oxygens (including phenoxy) is 3. The van der Waals surface area contributed by atoms with Crippen LogP contribution in [0.3, 0.4) is 0 Å². The third-order valence-corrected chi connectivity index (χ3v) is 9.70. The molecule has 8 nitrogen and oxygen atoms in total. The van der Waals surface area contributed by atoms with E-state index in [4.69, 9.17) is 14.2 Å². The molecule has 0 bridgehead atoms. The molecule has 2 aliphatic carbocycles. The lowest BCUT2D eigenvalue weighted by Crippen LogP contribution is -2.63. The fourth-order valence-corrected chi connectivity index (χ4v) is 7.76. The van der Waals surface area contributed by atoms with E-state index >= 15 is 0 Å². The van der Waals surface area contributed by atoms with Gasteiger partial charge in [-0.15, -0.1) is 0 Å². The van der Waals surface area contributed by atoms with Crippen molar-refractivity contribution in [2.45, 2.75) is 83.8 Å². The SMILES string of the molecule is CC(=O)N[C@H]1CCN(C(=O)C[C@@H]2[C@H](O)CC[C@@H]3[C@]4(C)CO[C@@H](COc5ccccc5)O[C@@H]4CC[C@]32C)C1. The largest absolute Gasteiger partial charge is 0.488 e. The molecule has 2 heterocycles. The maximum Gasteiger partial charge on any atom is 0.223 e. The fourth-order valence-electron chi connectivity index (χ4n) is 7.76. The number of fused-ring (bicyclic) bond motifs is 3. The van der Waals surface area contributed by atoms with Crippen molar-refractivity contribution < 1.29 is 28.9 Å². The number of hydrogen-bond acceptors (Lipinski definition) is 6. The minimum atomic E-state index is -0.489. The van der Waals surface area contributed by atoms with E-state index in [0.717, 1.165) is 31.4 Å². The van der Waals surface area contributed by atoms with Gasteiger partial charge in [0.25, 0.3) is 0 Å². The zero-order chi connectivity index (χ0) is 26.2. The van der Waals surface area contributed by atoms with Gasteiger partial charge in [-0.05, 0) is 61.5 Å². The summed E-state index contributed by atoms with van der Waals surface area (Å²) in [7, 11) is 0. The van der Waals surface area contributed by atoms with Gasteiger partial charge in [0.2, 0.25) is 11.8 Å². The van der Waals surface area contributed by atoms with Crippen LogP contribution < -0.4 is 10.1 Å². The van der Waals surface area contributed by atoms with Crippen LogP contribution in [0.2, 0.25) is 0 Å². The van der Waals surface area contributed by atoms with E-state index in [1.807, 2.05) is 35.2 Å². The highest BCUT2D eigenvalue weighted by molar-refractivity contribution is 5.77. The lowest BCUT2D eigenvalue weighted by atomic mass is 9.46. The molecule has 2 saturated heterocycles. The molecular weight excluding hydrogens is 472 g/mol.